The fourth-order valence-electron chi connectivity index (χ4n) is 1.41. The summed E-state index contributed by atoms with van der Waals surface area (Å²) in [6.07, 6.45) is 2.03. The highest BCUT2D eigenvalue weighted by Gasteiger charge is 2.22. The Hall–Kier alpha value is -2.16. The summed E-state index contributed by atoms with van der Waals surface area (Å²) in [5.74, 6) is -1.09. The monoisotopic (exact) mass is 269 g/mol. The Morgan fingerprint density at radius 3 is 3.11 bits per heavy atom. The minimum atomic E-state index is -1.09. The van der Waals surface area contributed by atoms with Crippen molar-refractivity contribution in [1.29, 1.82) is 0 Å². The molecule has 1 aromatic heterocycles. The van der Waals surface area contributed by atoms with E-state index in [-0.39, 0.29) is 25.4 Å². The van der Waals surface area contributed by atoms with Crippen LogP contribution in [0.5, 0.6) is 0 Å². The maximum atomic E-state index is 11.1. The van der Waals surface area contributed by atoms with Crippen LogP contribution in [0.3, 0.4) is 0 Å². The summed E-state index contributed by atoms with van der Waals surface area (Å²) in [5.41, 5.74) is 8.38. The minimum absolute atomic E-state index is 0.0297. The third-order valence-electron chi connectivity index (χ3n) is 2.27. The predicted octanol–water partition coefficient (Wildman–Crippen LogP) is -0.314. The van der Waals surface area contributed by atoms with Crippen LogP contribution in [0.25, 0.3) is 10.4 Å². The number of nitrogens with one attached hydrogen (secondary N) is 1. The largest absolute Gasteiger partial charge is 0.480 e. The van der Waals surface area contributed by atoms with Crippen molar-refractivity contribution in [1.82, 2.24) is 20.3 Å². The molecule has 1 unspecified atom stereocenters. The third-order valence-corrected chi connectivity index (χ3v) is 2.27. The van der Waals surface area contributed by atoms with Crippen LogP contribution in [0.2, 0.25) is 0 Å². The number of aryl methyl sites for hydroxylation is 1. The SMILES string of the molecule is [N-]=[N+]=NCCNC(C(=O)O)c1cn(CCCO)nn1. The maximum Gasteiger partial charge on any atom is 0.327 e. The van der Waals surface area contributed by atoms with Crippen LogP contribution in [-0.2, 0) is 11.3 Å². The Bertz CT molecular complexity index is 454. The molecule has 0 bridgehead atoms. The molecule has 10 nitrogen and oxygen atoms in total. The predicted molar refractivity (Wildman–Crippen MR) is 64.1 cm³/mol. The summed E-state index contributed by atoms with van der Waals surface area (Å²) in [7, 11) is 0. The Labute approximate surface area is 108 Å². The van der Waals surface area contributed by atoms with Crippen LogP contribution in [0.15, 0.2) is 11.3 Å². The van der Waals surface area contributed by atoms with Crippen molar-refractivity contribution in [3.05, 3.63) is 22.3 Å². The van der Waals surface area contributed by atoms with Crippen molar-refractivity contribution in [2.24, 2.45) is 5.11 Å². The number of carboxylic acid groups (broad SMARTS) is 1. The van der Waals surface area contributed by atoms with Crippen molar-refractivity contribution in [2.75, 3.05) is 19.7 Å². The van der Waals surface area contributed by atoms with Gasteiger partial charge >= 0.3 is 5.97 Å². The van der Waals surface area contributed by atoms with Crippen LogP contribution in [0.1, 0.15) is 18.2 Å². The quantitative estimate of drug-likeness (QED) is 0.242. The molecule has 10 heteroatoms. The number of rotatable bonds is 9. The molecule has 0 spiro atoms. The highest BCUT2D eigenvalue weighted by molar-refractivity contribution is 5.74. The molecule has 0 aliphatic heterocycles. The Kier molecular flexibility index (Phi) is 6.30. The van der Waals surface area contributed by atoms with E-state index in [0.29, 0.717) is 13.0 Å². The van der Waals surface area contributed by atoms with Gasteiger partial charge in [-0.05, 0) is 12.0 Å². The van der Waals surface area contributed by atoms with E-state index in [1.807, 2.05) is 0 Å². The van der Waals surface area contributed by atoms with Gasteiger partial charge < -0.3 is 10.2 Å². The molecule has 104 valence electrons. The van der Waals surface area contributed by atoms with Gasteiger partial charge in [0.15, 0.2) is 6.04 Å². The molecule has 0 aliphatic carbocycles. The summed E-state index contributed by atoms with van der Waals surface area (Å²) < 4.78 is 1.47. The van der Waals surface area contributed by atoms with Crippen molar-refractivity contribution in [2.45, 2.75) is 19.0 Å². The Morgan fingerprint density at radius 1 is 1.68 bits per heavy atom. The first kappa shape index (κ1) is 14.9. The lowest BCUT2D eigenvalue weighted by Crippen LogP contribution is -2.30. The van der Waals surface area contributed by atoms with Crippen molar-refractivity contribution in [3.8, 4) is 0 Å². The number of carbonyl (C=O) groups is 1. The molecule has 1 atom stereocenters. The molecule has 0 fully saturated rings. The van der Waals surface area contributed by atoms with E-state index in [1.54, 1.807) is 0 Å². The molecule has 1 rings (SSSR count). The molecule has 19 heavy (non-hydrogen) atoms. The van der Waals surface area contributed by atoms with E-state index in [9.17, 15) is 4.79 Å². The minimum Gasteiger partial charge on any atom is -0.480 e. The molecule has 3 N–H and O–H groups in total. The lowest BCUT2D eigenvalue weighted by atomic mass is 10.2. The summed E-state index contributed by atoms with van der Waals surface area (Å²) in [5, 5.41) is 31.3. The lowest BCUT2D eigenvalue weighted by Gasteiger charge is -2.09. The van der Waals surface area contributed by atoms with E-state index in [0.717, 1.165) is 0 Å². The molecule has 0 amide bonds. The number of aliphatic hydroxyl groups excluding tert-OH is 1. The second-order valence-electron chi connectivity index (χ2n) is 3.66. The number of aliphatic hydroxyl groups is 1. The number of azide groups is 1. The average Bonchev–Trinajstić information content (AvgIpc) is 2.84. The normalized spacial score (nSPS) is 11.8. The van der Waals surface area contributed by atoms with Gasteiger partial charge in [0.1, 0.15) is 5.69 Å². The molecular weight excluding hydrogens is 254 g/mol. The lowest BCUT2D eigenvalue weighted by molar-refractivity contribution is -0.139. The van der Waals surface area contributed by atoms with Crippen molar-refractivity contribution < 1.29 is 15.0 Å². The summed E-state index contributed by atoms with van der Waals surface area (Å²) in [4.78, 5) is 13.7. The summed E-state index contributed by atoms with van der Waals surface area (Å²) >= 11 is 0. The zero-order valence-electron chi connectivity index (χ0n) is 10.2. The molecular formula is C9H15N7O3. The first-order valence-corrected chi connectivity index (χ1v) is 5.67. The van der Waals surface area contributed by atoms with E-state index >= 15 is 0 Å². The van der Waals surface area contributed by atoms with Gasteiger partial charge in [-0.2, -0.15) is 0 Å². The first-order chi connectivity index (χ1) is 9.19. The maximum absolute atomic E-state index is 11.1. The van der Waals surface area contributed by atoms with Gasteiger partial charge in [0.2, 0.25) is 0 Å². The van der Waals surface area contributed by atoms with Crippen LogP contribution in [0, 0.1) is 0 Å². The van der Waals surface area contributed by atoms with Crippen LogP contribution >= 0.6 is 0 Å². The second-order valence-corrected chi connectivity index (χ2v) is 3.66. The van der Waals surface area contributed by atoms with Gasteiger partial charge in [0.05, 0.1) is 6.20 Å². The number of nitrogens with zero attached hydrogens (tertiary/aromatic N) is 6. The smallest absolute Gasteiger partial charge is 0.327 e. The van der Waals surface area contributed by atoms with Gasteiger partial charge in [-0.25, -0.2) is 0 Å². The topological polar surface area (TPSA) is 149 Å². The third kappa shape index (κ3) is 4.92. The van der Waals surface area contributed by atoms with Gasteiger partial charge in [0.25, 0.3) is 0 Å². The standard InChI is InChI=1S/C9H15N7O3/c10-14-12-3-2-11-8(9(18)19)7-6-16(15-13-7)4-1-5-17/h6,8,11,17H,1-5H2,(H,18,19). The number of carboxylic acids is 1. The molecule has 1 heterocycles. The van der Waals surface area contributed by atoms with E-state index in [2.05, 4.69) is 25.7 Å². The Morgan fingerprint density at radius 2 is 2.47 bits per heavy atom. The zero-order valence-corrected chi connectivity index (χ0v) is 10.2. The summed E-state index contributed by atoms with van der Waals surface area (Å²) in [6.45, 7) is 0.875. The number of hydrogen-bond donors (Lipinski definition) is 3. The number of hydrogen-bond acceptors (Lipinski definition) is 6. The van der Waals surface area contributed by atoms with Crippen LogP contribution in [0.4, 0.5) is 0 Å². The molecule has 0 saturated heterocycles. The average molecular weight is 269 g/mol. The van der Waals surface area contributed by atoms with Crippen molar-refractivity contribution in [3.63, 3.8) is 0 Å². The van der Waals surface area contributed by atoms with E-state index in [4.69, 9.17) is 15.7 Å². The Balaban J connectivity index is 2.62. The molecule has 0 aromatic carbocycles. The molecule has 1 aromatic rings. The molecule has 0 aliphatic rings. The fraction of sp³-hybridized carbons (Fsp3) is 0.667. The van der Waals surface area contributed by atoms with Gasteiger partial charge in [-0.1, -0.05) is 10.3 Å². The second kappa shape index (κ2) is 8.03. The highest BCUT2D eigenvalue weighted by Crippen LogP contribution is 2.09. The summed E-state index contributed by atoms with van der Waals surface area (Å²) in [6, 6.07) is -1.00. The van der Waals surface area contributed by atoms with E-state index < -0.39 is 12.0 Å². The van der Waals surface area contributed by atoms with Gasteiger partial charge in [-0.3, -0.25) is 14.8 Å². The molecule has 0 radical (unpaired) electrons. The first-order valence-electron chi connectivity index (χ1n) is 5.67. The number of aliphatic carboxylic acids is 1. The zero-order chi connectivity index (χ0) is 14.1. The van der Waals surface area contributed by atoms with Crippen LogP contribution < -0.4 is 5.32 Å². The molecule has 0 saturated carbocycles. The van der Waals surface area contributed by atoms with Gasteiger partial charge in [0, 0.05) is 31.2 Å². The van der Waals surface area contributed by atoms with Gasteiger partial charge in [-0.15, -0.1) is 5.10 Å². The van der Waals surface area contributed by atoms with Crippen molar-refractivity contribution >= 4 is 5.97 Å². The number of aromatic nitrogens is 3. The van der Waals surface area contributed by atoms with E-state index in [1.165, 1.54) is 10.9 Å². The fourth-order valence-corrected chi connectivity index (χ4v) is 1.41. The van der Waals surface area contributed by atoms with Crippen LogP contribution in [-0.4, -0.2) is 50.9 Å². The highest BCUT2D eigenvalue weighted by atomic mass is 16.4.